The molecule has 0 atom stereocenters. The number of non-ortho nitro benzene ring substituents is 1. The van der Waals surface area contributed by atoms with Crippen molar-refractivity contribution >= 4 is 34.9 Å². The number of hydrogen-bond acceptors (Lipinski definition) is 7. The fourth-order valence-electron chi connectivity index (χ4n) is 3.03. The van der Waals surface area contributed by atoms with Gasteiger partial charge in [-0.1, -0.05) is 25.1 Å². The van der Waals surface area contributed by atoms with Gasteiger partial charge in [0.2, 0.25) is 0 Å². The number of aryl methyl sites for hydroxylation is 1. The van der Waals surface area contributed by atoms with E-state index in [-0.39, 0.29) is 17.0 Å². The summed E-state index contributed by atoms with van der Waals surface area (Å²) in [5.74, 6) is -2.16. The topological polar surface area (TPSA) is 140 Å². The lowest BCUT2D eigenvalue weighted by Gasteiger charge is -2.09. The van der Waals surface area contributed by atoms with E-state index in [0.29, 0.717) is 23.4 Å². The number of hydrogen-bond donors (Lipinski definition) is 2. The number of carbonyl (C=O) groups excluding carboxylic acids is 3. The molecule has 0 saturated carbocycles. The zero-order valence-electron chi connectivity index (χ0n) is 19.0. The van der Waals surface area contributed by atoms with E-state index in [2.05, 4.69) is 15.8 Å². The van der Waals surface area contributed by atoms with Gasteiger partial charge in [0, 0.05) is 17.8 Å². The van der Waals surface area contributed by atoms with Gasteiger partial charge in [-0.2, -0.15) is 5.10 Å². The number of amides is 2. The molecule has 0 aliphatic rings. The highest BCUT2D eigenvalue weighted by atomic mass is 16.6. The van der Waals surface area contributed by atoms with Crippen LogP contribution in [0.15, 0.2) is 77.9 Å². The number of nitrogens with zero attached hydrogens (tertiary/aromatic N) is 2. The fraction of sp³-hybridized carbons (Fsp3) is 0.120. The first-order valence-electron chi connectivity index (χ1n) is 10.6. The van der Waals surface area contributed by atoms with E-state index in [0.717, 1.165) is 5.56 Å². The number of nitrogens with one attached hydrogen (secondary N) is 2. The van der Waals surface area contributed by atoms with Gasteiger partial charge in [0.05, 0.1) is 16.2 Å². The van der Waals surface area contributed by atoms with Crippen LogP contribution in [0.25, 0.3) is 0 Å². The highest BCUT2D eigenvalue weighted by molar-refractivity contribution is 6.39. The van der Waals surface area contributed by atoms with Crippen LogP contribution in [-0.2, 0) is 16.0 Å². The summed E-state index contributed by atoms with van der Waals surface area (Å²) >= 11 is 0. The molecule has 2 amide bonds. The Morgan fingerprint density at radius 2 is 1.54 bits per heavy atom. The van der Waals surface area contributed by atoms with Crippen LogP contribution in [0.2, 0.25) is 0 Å². The third-order valence-electron chi connectivity index (χ3n) is 4.97. The minimum absolute atomic E-state index is 0.129. The van der Waals surface area contributed by atoms with Gasteiger partial charge >= 0.3 is 17.8 Å². The lowest BCUT2D eigenvalue weighted by molar-refractivity contribution is -0.384. The van der Waals surface area contributed by atoms with E-state index >= 15 is 0 Å². The van der Waals surface area contributed by atoms with E-state index in [4.69, 9.17) is 4.74 Å². The van der Waals surface area contributed by atoms with Crippen LogP contribution >= 0.6 is 0 Å². The second kappa shape index (κ2) is 11.3. The van der Waals surface area contributed by atoms with E-state index in [1.165, 1.54) is 36.4 Å². The zero-order chi connectivity index (χ0) is 25.4. The molecule has 0 aliphatic carbocycles. The molecule has 35 heavy (non-hydrogen) atoms. The number of benzene rings is 3. The number of hydrazone groups is 1. The summed E-state index contributed by atoms with van der Waals surface area (Å²) in [5, 5.41) is 17.2. The van der Waals surface area contributed by atoms with Crippen molar-refractivity contribution in [2.75, 3.05) is 5.32 Å². The van der Waals surface area contributed by atoms with Gasteiger partial charge in [0.1, 0.15) is 5.75 Å². The lowest BCUT2D eigenvalue weighted by atomic mass is 10.1. The highest BCUT2D eigenvalue weighted by Crippen LogP contribution is 2.17. The summed E-state index contributed by atoms with van der Waals surface area (Å²) in [7, 11) is 0. The first-order chi connectivity index (χ1) is 16.8. The fourth-order valence-corrected chi connectivity index (χ4v) is 3.03. The van der Waals surface area contributed by atoms with Crippen LogP contribution in [-0.4, -0.2) is 28.4 Å². The molecular weight excluding hydrogens is 452 g/mol. The predicted octanol–water partition coefficient (Wildman–Crippen LogP) is 3.86. The second-order valence-electron chi connectivity index (χ2n) is 7.32. The molecule has 0 unspecified atom stereocenters. The number of rotatable bonds is 7. The van der Waals surface area contributed by atoms with Gasteiger partial charge in [-0.25, -0.2) is 10.2 Å². The molecule has 3 rings (SSSR count). The number of anilines is 1. The molecule has 3 aromatic carbocycles. The van der Waals surface area contributed by atoms with Crippen molar-refractivity contribution < 1.29 is 24.0 Å². The van der Waals surface area contributed by atoms with Crippen molar-refractivity contribution in [2.45, 2.75) is 20.3 Å². The maximum Gasteiger partial charge on any atom is 0.343 e. The summed E-state index contributed by atoms with van der Waals surface area (Å²) in [6.07, 6.45) is 0.703. The van der Waals surface area contributed by atoms with Crippen molar-refractivity contribution in [1.82, 2.24) is 5.43 Å². The van der Waals surface area contributed by atoms with Crippen molar-refractivity contribution in [3.63, 3.8) is 0 Å². The minimum Gasteiger partial charge on any atom is -0.423 e. The van der Waals surface area contributed by atoms with E-state index in [1.807, 2.05) is 19.1 Å². The average Bonchev–Trinajstić information content (AvgIpc) is 2.87. The molecule has 0 aliphatic heterocycles. The van der Waals surface area contributed by atoms with Gasteiger partial charge < -0.3 is 10.1 Å². The Kier molecular flexibility index (Phi) is 8.02. The highest BCUT2D eigenvalue weighted by Gasteiger charge is 2.15. The largest absolute Gasteiger partial charge is 0.423 e. The first-order valence-corrected chi connectivity index (χ1v) is 10.6. The molecule has 10 nitrogen and oxygen atoms in total. The Morgan fingerprint density at radius 1 is 0.914 bits per heavy atom. The normalized spacial score (nSPS) is 10.9. The van der Waals surface area contributed by atoms with Crippen LogP contribution < -0.4 is 15.5 Å². The Morgan fingerprint density at radius 3 is 2.17 bits per heavy atom. The molecule has 0 spiro atoms. The van der Waals surface area contributed by atoms with Gasteiger partial charge in [0.25, 0.3) is 5.69 Å². The van der Waals surface area contributed by atoms with Gasteiger partial charge in [-0.15, -0.1) is 0 Å². The Balaban J connectivity index is 1.57. The lowest BCUT2D eigenvalue weighted by Crippen LogP contribution is -2.33. The SMILES string of the molecule is CCc1ccccc1NC(=O)C(=O)N/N=C(\C)c1ccc(OC(=O)c2ccc([N+](=O)[O-])cc2)cc1. The maximum atomic E-state index is 12.2. The third-order valence-corrected chi connectivity index (χ3v) is 4.97. The molecule has 0 fully saturated rings. The molecule has 10 heteroatoms. The standard InChI is InChI=1S/C25H22N4O6/c1-3-17-6-4-5-7-22(17)26-23(30)24(31)28-27-16(2)18-10-14-21(15-11-18)35-25(32)19-8-12-20(13-9-19)29(33)34/h4-15H,3H2,1-2H3,(H,26,30)(H,28,31)/b27-16+. The molecule has 178 valence electrons. The summed E-state index contributed by atoms with van der Waals surface area (Å²) in [6.45, 7) is 3.59. The smallest absolute Gasteiger partial charge is 0.343 e. The molecule has 0 bridgehead atoms. The molecule has 3 aromatic rings. The van der Waals surface area contributed by atoms with Crippen LogP contribution in [0, 0.1) is 10.1 Å². The minimum atomic E-state index is -0.913. The molecule has 2 N–H and O–H groups in total. The summed E-state index contributed by atoms with van der Waals surface area (Å²) in [5.41, 5.74) is 4.78. The molecule has 0 radical (unpaired) electrons. The van der Waals surface area contributed by atoms with Crippen molar-refractivity contribution in [3.8, 4) is 5.75 Å². The number of para-hydroxylation sites is 1. The van der Waals surface area contributed by atoms with Gasteiger partial charge in [0.15, 0.2) is 0 Å². The first kappa shape index (κ1) is 24.8. The predicted molar refractivity (Wildman–Crippen MR) is 129 cm³/mol. The van der Waals surface area contributed by atoms with E-state index in [1.54, 1.807) is 31.2 Å². The van der Waals surface area contributed by atoms with Crippen LogP contribution in [0.5, 0.6) is 5.75 Å². The molecular formula is C25H22N4O6. The van der Waals surface area contributed by atoms with Crippen molar-refractivity contribution in [3.05, 3.63) is 99.6 Å². The number of esters is 1. The zero-order valence-corrected chi connectivity index (χ0v) is 19.0. The average molecular weight is 474 g/mol. The Labute approximate surface area is 200 Å². The molecule has 0 saturated heterocycles. The van der Waals surface area contributed by atoms with Gasteiger partial charge in [-0.05, 0) is 66.9 Å². The second-order valence-corrected chi connectivity index (χ2v) is 7.32. The third kappa shape index (κ3) is 6.57. The molecule has 0 heterocycles. The number of nitro benzene ring substituents is 1. The Hall–Kier alpha value is -4.86. The van der Waals surface area contributed by atoms with Crippen LogP contribution in [0.4, 0.5) is 11.4 Å². The number of nitro groups is 1. The van der Waals surface area contributed by atoms with Crippen LogP contribution in [0.3, 0.4) is 0 Å². The number of ether oxygens (including phenoxy) is 1. The van der Waals surface area contributed by atoms with Gasteiger partial charge in [-0.3, -0.25) is 19.7 Å². The van der Waals surface area contributed by atoms with Crippen molar-refractivity contribution in [2.24, 2.45) is 5.10 Å². The summed E-state index contributed by atoms with van der Waals surface area (Å²) in [6, 6.07) is 18.6. The quantitative estimate of drug-likeness (QED) is 0.133. The maximum absolute atomic E-state index is 12.2. The summed E-state index contributed by atoms with van der Waals surface area (Å²) < 4.78 is 5.27. The monoisotopic (exact) mass is 474 g/mol. The van der Waals surface area contributed by atoms with Crippen LogP contribution in [0.1, 0.15) is 35.3 Å². The van der Waals surface area contributed by atoms with Crippen molar-refractivity contribution in [1.29, 1.82) is 0 Å². The van der Waals surface area contributed by atoms with E-state index < -0.39 is 22.7 Å². The Bertz CT molecular complexity index is 1280. The van der Waals surface area contributed by atoms with E-state index in [9.17, 15) is 24.5 Å². The number of carbonyl (C=O) groups is 3. The summed E-state index contributed by atoms with van der Waals surface area (Å²) in [4.78, 5) is 46.7. The molecule has 0 aromatic heterocycles.